The van der Waals surface area contributed by atoms with Gasteiger partial charge in [-0.2, -0.15) is 0 Å². The zero-order valence-corrected chi connectivity index (χ0v) is 9.80. The molecule has 1 N–H and O–H groups in total. The summed E-state index contributed by atoms with van der Waals surface area (Å²) in [5.41, 5.74) is 1.08. The number of hydrogen-bond acceptors (Lipinski definition) is 4. The molecule has 5 nitrogen and oxygen atoms in total. The molecular formula is C10H12N4OS. The molecular weight excluding hydrogens is 224 g/mol. The van der Waals surface area contributed by atoms with Crippen LogP contribution in [0.15, 0.2) is 0 Å². The van der Waals surface area contributed by atoms with Crippen molar-refractivity contribution in [3.63, 3.8) is 0 Å². The number of rotatable bonds is 2. The molecule has 0 saturated carbocycles. The van der Waals surface area contributed by atoms with E-state index in [1.807, 2.05) is 0 Å². The molecule has 0 atom stereocenters. The van der Waals surface area contributed by atoms with Crippen LogP contribution in [0.4, 0.5) is 5.13 Å². The first-order valence-electron chi connectivity index (χ1n) is 4.99. The number of nitrogens with zero attached hydrogens (tertiary/aromatic N) is 3. The largest absolute Gasteiger partial charge is 0.306 e. The van der Waals surface area contributed by atoms with E-state index in [9.17, 15) is 4.79 Å². The summed E-state index contributed by atoms with van der Waals surface area (Å²) in [7, 11) is 2.07. The molecule has 1 aliphatic rings. The fraction of sp³-hybridized carbons (Fsp3) is 0.500. The van der Waals surface area contributed by atoms with Crippen molar-refractivity contribution in [2.45, 2.75) is 13.0 Å². The lowest BCUT2D eigenvalue weighted by molar-refractivity contribution is -0.114. The number of aromatic nitrogens is 1. The Balaban J connectivity index is 2.08. The molecule has 0 fully saturated rings. The fourth-order valence-electron chi connectivity index (χ4n) is 1.61. The van der Waals surface area contributed by atoms with Gasteiger partial charge in [-0.05, 0) is 7.05 Å². The van der Waals surface area contributed by atoms with Gasteiger partial charge in [-0.15, -0.1) is 11.3 Å². The van der Waals surface area contributed by atoms with Gasteiger partial charge in [0.25, 0.3) is 6.54 Å². The molecule has 0 aromatic carbocycles. The summed E-state index contributed by atoms with van der Waals surface area (Å²) < 4.78 is 0. The number of nitrogens with one attached hydrogen (secondary N) is 1. The third kappa shape index (κ3) is 2.38. The van der Waals surface area contributed by atoms with Crippen LogP contribution in [0.3, 0.4) is 0 Å². The van der Waals surface area contributed by atoms with Crippen molar-refractivity contribution in [1.29, 1.82) is 0 Å². The van der Waals surface area contributed by atoms with Crippen LogP contribution >= 0.6 is 11.3 Å². The van der Waals surface area contributed by atoms with Gasteiger partial charge < -0.3 is 9.74 Å². The minimum absolute atomic E-state index is 0.135. The fourth-order valence-corrected chi connectivity index (χ4v) is 2.71. The maximum atomic E-state index is 11.2. The molecule has 1 aromatic heterocycles. The number of likely N-dealkylation sites (N-methyl/N-ethyl adjacent to an activating group) is 1. The van der Waals surface area contributed by atoms with Gasteiger partial charge in [-0.3, -0.25) is 10.1 Å². The molecule has 0 aliphatic carbocycles. The van der Waals surface area contributed by atoms with E-state index >= 15 is 0 Å². The lowest BCUT2D eigenvalue weighted by atomic mass is 10.2. The molecule has 0 spiro atoms. The Morgan fingerprint density at radius 2 is 2.56 bits per heavy atom. The Hall–Kier alpha value is -1.45. The Morgan fingerprint density at radius 1 is 1.75 bits per heavy atom. The zero-order valence-electron chi connectivity index (χ0n) is 8.99. The highest BCUT2D eigenvalue weighted by Crippen LogP contribution is 2.27. The SMILES string of the molecule is [C-]#[N+]CC(=O)Nc1nc2c(s1)CN(C)CC2. The van der Waals surface area contributed by atoms with E-state index in [0.717, 1.165) is 25.2 Å². The average Bonchev–Trinajstić information content (AvgIpc) is 2.59. The average molecular weight is 236 g/mol. The van der Waals surface area contributed by atoms with Crippen LogP contribution in [0.5, 0.6) is 0 Å². The monoisotopic (exact) mass is 236 g/mol. The summed E-state index contributed by atoms with van der Waals surface area (Å²) in [6.45, 7) is 8.36. The van der Waals surface area contributed by atoms with E-state index in [-0.39, 0.29) is 12.5 Å². The van der Waals surface area contributed by atoms with E-state index in [1.165, 1.54) is 16.2 Å². The summed E-state index contributed by atoms with van der Waals surface area (Å²) in [5, 5.41) is 3.27. The third-order valence-electron chi connectivity index (χ3n) is 2.39. The second-order valence-electron chi connectivity index (χ2n) is 3.74. The van der Waals surface area contributed by atoms with E-state index in [1.54, 1.807) is 0 Å². The smallest absolute Gasteiger partial charge is 0.306 e. The lowest BCUT2D eigenvalue weighted by Crippen LogP contribution is -2.25. The molecule has 84 valence electrons. The van der Waals surface area contributed by atoms with E-state index in [4.69, 9.17) is 6.57 Å². The first-order valence-corrected chi connectivity index (χ1v) is 5.81. The first kappa shape index (κ1) is 11.0. The second kappa shape index (κ2) is 4.60. The minimum atomic E-state index is -0.283. The Kier molecular flexibility index (Phi) is 3.17. The summed E-state index contributed by atoms with van der Waals surface area (Å²) in [4.78, 5) is 22.1. The second-order valence-corrected chi connectivity index (χ2v) is 4.82. The predicted molar refractivity (Wildman–Crippen MR) is 62.3 cm³/mol. The molecule has 6 heteroatoms. The van der Waals surface area contributed by atoms with Crippen molar-refractivity contribution in [1.82, 2.24) is 9.88 Å². The van der Waals surface area contributed by atoms with Gasteiger partial charge in [0.1, 0.15) is 0 Å². The molecule has 1 aliphatic heterocycles. The van der Waals surface area contributed by atoms with Crippen LogP contribution in [0.1, 0.15) is 10.6 Å². The highest BCUT2D eigenvalue weighted by molar-refractivity contribution is 7.15. The van der Waals surface area contributed by atoms with Gasteiger partial charge in [0, 0.05) is 24.4 Å². The maximum absolute atomic E-state index is 11.2. The topological polar surface area (TPSA) is 49.6 Å². The van der Waals surface area contributed by atoms with Crippen LogP contribution in [-0.2, 0) is 17.8 Å². The predicted octanol–water partition coefficient (Wildman–Crippen LogP) is 0.989. The molecule has 2 rings (SSSR count). The van der Waals surface area contributed by atoms with Crippen molar-refractivity contribution in [2.24, 2.45) is 0 Å². The lowest BCUT2D eigenvalue weighted by Gasteiger charge is -2.20. The molecule has 0 unspecified atom stereocenters. The van der Waals surface area contributed by atoms with Crippen LogP contribution in [-0.4, -0.2) is 35.9 Å². The van der Waals surface area contributed by atoms with Crippen LogP contribution in [0, 0.1) is 6.57 Å². The molecule has 1 amide bonds. The summed E-state index contributed by atoms with van der Waals surface area (Å²) in [6, 6.07) is 0. The van der Waals surface area contributed by atoms with Crippen molar-refractivity contribution in [3.8, 4) is 0 Å². The van der Waals surface area contributed by atoms with Gasteiger partial charge in [0.05, 0.1) is 5.69 Å². The van der Waals surface area contributed by atoms with Crippen molar-refractivity contribution in [2.75, 3.05) is 25.5 Å². The van der Waals surface area contributed by atoms with Crippen LogP contribution in [0.2, 0.25) is 0 Å². The third-order valence-corrected chi connectivity index (χ3v) is 3.39. The minimum Gasteiger partial charge on any atom is -0.306 e. The zero-order chi connectivity index (χ0) is 11.5. The molecule has 1 aromatic rings. The van der Waals surface area contributed by atoms with E-state index in [2.05, 4.69) is 27.1 Å². The molecule has 2 heterocycles. The summed E-state index contributed by atoms with van der Waals surface area (Å²) in [6.07, 6.45) is 0.932. The van der Waals surface area contributed by atoms with Crippen molar-refractivity contribution in [3.05, 3.63) is 22.0 Å². The van der Waals surface area contributed by atoms with E-state index in [0.29, 0.717) is 5.13 Å². The highest BCUT2D eigenvalue weighted by atomic mass is 32.1. The number of carbonyl (C=O) groups excluding carboxylic acids is 1. The quantitative estimate of drug-likeness (QED) is 0.779. The summed E-state index contributed by atoms with van der Waals surface area (Å²) in [5.74, 6) is -0.283. The van der Waals surface area contributed by atoms with Crippen molar-refractivity contribution >= 4 is 22.4 Å². The molecule has 16 heavy (non-hydrogen) atoms. The van der Waals surface area contributed by atoms with Crippen LogP contribution in [0.25, 0.3) is 4.85 Å². The van der Waals surface area contributed by atoms with Gasteiger partial charge >= 0.3 is 5.91 Å². The van der Waals surface area contributed by atoms with Gasteiger partial charge in [0.15, 0.2) is 5.13 Å². The summed E-state index contributed by atoms with van der Waals surface area (Å²) >= 11 is 1.51. The Bertz CT molecular complexity index is 448. The van der Waals surface area contributed by atoms with Gasteiger partial charge in [-0.25, -0.2) is 11.6 Å². The first-order chi connectivity index (χ1) is 7.69. The van der Waals surface area contributed by atoms with Crippen LogP contribution < -0.4 is 5.32 Å². The Morgan fingerprint density at radius 3 is 3.31 bits per heavy atom. The molecule has 0 radical (unpaired) electrons. The van der Waals surface area contributed by atoms with Crippen molar-refractivity contribution < 1.29 is 4.79 Å². The number of anilines is 1. The molecule has 0 saturated heterocycles. The van der Waals surface area contributed by atoms with Gasteiger partial charge in [-0.1, -0.05) is 0 Å². The normalized spacial score (nSPS) is 15.2. The highest BCUT2D eigenvalue weighted by Gasteiger charge is 2.19. The number of amides is 1. The number of carbonyl (C=O) groups is 1. The Labute approximate surface area is 97.9 Å². The number of thiazole rings is 1. The molecule has 0 bridgehead atoms. The van der Waals surface area contributed by atoms with Gasteiger partial charge in [0.2, 0.25) is 0 Å². The number of hydrogen-bond donors (Lipinski definition) is 1. The maximum Gasteiger partial charge on any atom is 0.306 e. The van der Waals surface area contributed by atoms with E-state index < -0.39 is 0 Å². The standard InChI is InChI=1S/C10H12N4OS/c1-11-5-9(15)13-10-12-7-3-4-14(2)6-8(7)16-10/h3-6H2,2H3,(H,12,13,15). The number of fused-ring (bicyclic) bond motifs is 1.